The molecule has 2 rings (SSSR count). The smallest absolute Gasteiger partial charge is 0.0753 e. The second-order valence-corrected chi connectivity index (χ2v) is 6.51. The largest absolute Gasteiger partial charge is 0.373 e. The summed E-state index contributed by atoms with van der Waals surface area (Å²) >= 11 is 0. The Balaban J connectivity index is 1.87. The highest BCUT2D eigenvalue weighted by Gasteiger charge is 2.27. The number of nitrogens with zero attached hydrogens (tertiary/aromatic N) is 2. The molecule has 112 valence electrons. The summed E-state index contributed by atoms with van der Waals surface area (Å²) in [6, 6.07) is 4.81. The van der Waals surface area contributed by atoms with Crippen LogP contribution in [0.4, 0.5) is 0 Å². The standard InChI is InChI=1S/C16H27N3O/c1-13(2)17-9-14-5-6-15(18-10-14)11-19-7-8-20-16(3,4)12-19/h5-6,10,13,17H,7-9,11-12H2,1-4H3. The Labute approximate surface area is 122 Å². The van der Waals surface area contributed by atoms with Gasteiger partial charge in [-0.15, -0.1) is 0 Å². The predicted octanol–water partition coefficient (Wildman–Crippen LogP) is 2.19. The lowest BCUT2D eigenvalue weighted by atomic mass is 10.1. The van der Waals surface area contributed by atoms with Gasteiger partial charge in [0.05, 0.1) is 17.9 Å². The first-order valence-electron chi connectivity index (χ1n) is 7.48. The molecule has 1 saturated heterocycles. The van der Waals surface area contributed by atoms with Crippen molar-refractivity contribution in [2.24, 2.45) is 0 Å². The van der Waals surface area contributed by atoms with Crippen molar-refractivity contribution in [3.63, 3.8) is 0 Å². The fraction of sp³-hybridized carbons (Fsp3) is 0.688. The molecule has 0 radical (unpaired) electrons. The summed E-state index contributed by atoms with van der Waals surface area (Å²) in [4.78, 5) is 6.99. The summed E-state index contributed by atoms with van der Waals surface area (Å²) in [5.74, 6) is 0. The highest BCUT2D eigenvalue weighted by atomic mass is 16.5. The molecule has 1 N–H and O–H groups in total. The second kappa shape index (κ2) is 6.66. The van der Waals surface area contributed by atoms with Gasteiger partial charge in [0.1, 0.15) is 0 Å². The Bertz CT molecular complexity index is 414. The third-order valence-electron chi connectivity index (χ3n) is 3.49. The molecule has 20 heavy (non-hydrogen) atoms. The zero-order valence-corrected chi connectivity index (χ0v) is 13.1. The van der Waals surface area contributed by atoms with E-state index < -0.39 is 0 Å². The molecule has 0 unspecified atom stereocenters. The van der Waals surface area contributed by atoms with E-state index in [1.54, 1.807) is 0 Å². The minimum atomic E-state index is -0.0423. The van der Waals surface area contributed by atoms with Crippen LogP contribution in [0, 0.1) is 0 Å². The number of nitrogens with one attached hydrogen (secondary N) is 1. The van der Waals surface area contributed by atoms with Gasteiger partial charge in [-0.25, -0.2) is 0 Å². The van der Waals surface area contributed by atoms with Crippen LogP contribution in [0.15, 0.2) is 18.3 Å². The van der Waals surface area contributed by atoms with Gasteiger partial charge in [-0.1, -0.05) is 19.9 Å². The van der Waals surface area contributed by atoms with Crippen LogP contribution in [0.1, 0.15) is 39.0 Å². The molecule has 0 spiro atoms. The van der Waals surface area contributed by atoms with Crippen molar-refractivity contribution in [1.29, 1.82) is 0 Å². The summed E-state index contributed by atoms with van der Waals surface area (Å²) in [5, 5.41) is 3.41. The third kappa shape index (κ3) is 4.85. The molecule has 2 heterocycles. The molecule has 1 fully saturated rings. The molecule has 0 amide bonds. The van der Waals surface area contributed by atoms with E-state index in [4.69, 9.17) is 4.74 Å². The van der Waals surface area contributed by atoms with Gasteiger partial charge < -0.3 is 10.1 Å². The minimum Gasteiger partial charge on any atom is -0.373 e. The first-order valence-corrected chi connectivity index (χ1v) is 7.48. The Morgan fingerprint density at radius 1 is 1.40 bits per heavy atom. The molecular weight excluding hydrogens is 250 g/mol. The summed E-state index contributed by atoms with van der Waals surface area (Å²) < 4.78 is 5.74. The van der Waals surface area contributed by atoms with Crippen molar-refractivity contribution < 1.29 is 4.74 Å². The summed E-state index contributed by atoms with van der Waals surface area (Å²) in [7, 11) is 0. The average molecular weight is 277 g/mol. The van der Waals surface area contributed by atoms with E-state index in [1.165, 1.54) is 5.56 Å². The van der Waals surface area contributed by atoms with Crippen LogP contribution >= 0.6 is 0 Å². The SMILES string of the molecule is CC(C)NCc1ccc(CN2CCOC(C)(C)C2)nc1. The van der Waals surface area contributed by atoms with Crippen molar-refractivity contribution in [1.82, 2.24) is 15.2 Å². The summed E-state index contributed by atoms with van der Waals surface area (Å²) in [6.45, 7) is 13.2. The maximum atomic E-state index is 5.74. The highest BCUT2D eigenvalue weighted by Crippen LogP contribution is 2.17. The van der Waals surface area contributed by atoms with E-state index in [9.17, 15) is 0 Å². The number of morpholine rings is 1. The number of rotatable bonds is 5. The number of hydrogen-bond acceptors (Lipinski definition) is 4. The molecule has 0 aromatic carbocycles. The second-order valence-electron chi connectivity index (χ2n) is 6.51. The van der Waals surface area contributed by atoms with Crippen LogP contribution in [0.2, 0.25) is 0 Å². The van der Waals surface area contributed by atoms with Gasteiger partial charge in [-0.05, 0) is 25.5 Å². The van der Waals surface area contributed by atoms with Crippen LogP contribution in [0.3, 0.4) is 0 Å². The normalized spacial score (nSPS) is 19.4. The van der Waals surface area contributed by atoms with E-state index in [1.807, 2.05) is 6.20 Å². The highest BCUT2D eigenvalue weighted by molar-refractivity contribution is 5.14. The summed E-state index contributed by atoms with van der Waals surface area (Å²) in [5.41, 5.74) is 2.33. The van der Waals surface area contributed by atoms with E-state index >= 15 is 0 Å². The lowest BCUT2D eigenvalue weighted by Crippen LogP contribution is -2.47. The van der Waals surface area contributed by atoms with Gasteiger partial charge in [-0.3, -0.25) is 9.88 Å². The van der Waals surface area contributed by atoms with E-state index in [2.05, 4.69) is 55.0 Å². The monoisotopic (exact) mass is 277 g/mol. The molecule has 1 aromatic heterocycles. The first kappa shape index (κ1) is 15.4. The van der Waals surface area contributed by atoms with Crippen LogP contribution in [0.25, 0.3) is 0 Å². The molecular formula is C16H27N3O. The van der Waals surface area contributed by atoms with Crippen LogP contribution in [-0.4, -0.2) is 41.2 Å². The van der Waals surface area contributed by atoms with Crippen LogP contribution in [-0.2, 0) is 17.8 Å². The number of pyridine rings is 1. The zero-order valence-electron chi connectivity index (χ0n) is 13.1. The Morgan fingerprint density at radius 2 is 2.20 bits per heavy atom. The Hall–Kier alpha value is -0.970. The van der Waals surface area contributed by atoms with Gasteiger partial charge in [-0.2, -0.15) is 0 Å². The predicted molar refractivity (Wildman–Crippen MR) is 81.5 cm³/mol. The van der Waals surface area contributed by atoms with Gasteiger partial charge in [0.15, 0.2) is 0 Å². The van der Waals surface area contributed by atoms with Crippen molar-refractivity contribution >= 4 is 0 Å². The molecule has 1 aliphatic rings. The molecule has 0 saturated carbocycles. The molecule has 1 aliphatic heterocycles. The average Bonchev–Trinajstić information content (AvgIpc) is 2.36. The molecule has 1 aromatic rings. The lowest BCUT2D eigenvalue weighted by molar-refractivity contribution is -0.0885. The van der Waals surface area contributed by atoms with Gasteiger partial charge in [0, 0.05) is 38.4 Å². The molecule has 4 nitrogen and oxygen atoms in total. The van der Waals surface area contributed by atoms with Gasteiger partial charge in [0.25, 0.3) is 0 Å². The van der Waals surface area contributed by atoms with Gasteiger partial charge in [0.2, 0.25) is 0 Å². The van der Waals surface area contributed by atoms with Crippen molar-refractivity contribution in [2.45, 2.75) is 52.4 Å². The fourth-order valence-electron chi connectivity index (χ4n) is 2.45. The zero-order chi connectivity index (χ0) is 14.6. The number of hydrogen-bond donors (Lipinski definition) is 1. The van der Waals surface area contributed by atoms with E-state index in [-0.39, 0.29) is 5.60 Å². The fourth-order valence-corrected chi connectivity index (χ4v) is 2.45. The molecule has 0 bridgehead atoms. The molecule has 0 atom stereocenters. The lowest BCUT2D eigenvalue weighted by Gasteiger charge is -2.37. The minimum absolute atomic E-state index is 0.0423. The third-order valence-corrected chi connectivity index (χ3v) is 3.49. The van der Waals surface area contributed by atoms with E-state index in [0.717, 1.165) is 38.5 Å². The van der Waals surface area contributed by atoms with E-state index in [0.29, 0.717) is 6.04 Å². The molecule has 0 aliphatic carbocycles. The summed E-state index contributed by atoms with van der Waals surface area (Å²) in [6.07, 6.45) is 1.98. The first-order chi connectivity index (χ1) is 9.44. The number of aromatic nitrogens is 1. The van der Waals surface area contributed by atoms with Crippen molar-refractivity contribution in [2.75, 3.05) is 19.7 Å². The van der Waals surface area contributed by atoms with Crippen LogP contribution in [0.5, 0.6) is 0 Å². The van der Waals surface area contributed by atoms with Gasteiger partial charge >= 0.3 is 0 Å². The maximum absolute atomic E-state index is 5.74. The quantitative estimate of drug-likeness (QED) is 0.895. The van der Waals surface area contributed by atoms with Crippen molar-refractivity contribution in [3.8, 4) is 0 Å². The maximum Gasteiger partial charge on any atom is 0.0753 e. The Morgan fingerprint density at radius 3 is 2.80 bits per heavy atom. The van der Waals surface area contributed by atoms with Crippen molar-refractivity contribution in [3.05, 3.63) is 29.6 Å². The topological polar surface area (TPSA) is 37.4 Å². The Kier molecular flexibility index (Phi) is 5.13. The molecule has 4 heteroatoms. The van der Waals surface area contributed by atoms with Crippen LogP contribution < -0.4 is 5.32 Å². The number of ether oxygens (including phenoxy) is 1.